The molecule has 6 rings (SSSR count). The first-order valence-electron chi connectivity index (χ1n) is 15.8. The van der Waals surface area contributed by atoms with Crippen LogP contribution >= 0.6 is 23.5 Å². The van der Waals surface area contributed by atoms with Crippen molar-refractivity contribution in [3.63, 3.8) is 0 Å². The summed E-state index contributed by atoms with van der Waals surface area (Å²) in [5, 5.41) is 6.19. The number of rotatable bonds is 12. The summed E-state index contributed by atoms with van der Waals surface area (Å²) in [6.07, 6.45) is 7.12. The third-order valence-electron chi connectivity index (χ3n) is 8.46. The van der Waals surface area contributed by atoms with Crippen LogP contribution in [0.3, 0.4) is 0 Å². The average Bonchev–Trinajstić information content (AvgIpc) is 3.15. The molecule has 6 aromatic rings. The van der Waals surface area contributed by atoms with E-state index in [1.807, 2.05) is 29.0 Å². The third kappa shape index (κ3) is 7.06. The molecule has 0 bridgehead atoms. The third-order valence-corrected chi connectivity index (χ3v) is 10.2. The summed E-state index contributed by atoms with van der Waals surface area (Å²) >= 11 is 3.37. The molecule has 0 saturated carbocycles. The Morgan fingerprint density at radius 1 is 0.458 bits per heavy atom. The maximum atomic E-state index is 5.55. The van der Waals surface area contributed by atoms with Crippen LogP contribution in [-0.4, -0.2) is 0 Å². The zero-order valence-corrected chi connectivity index (χ0v) is 28.4. The van der Waals surface area contributed by atoms with Gasteiger partial charge in [0.1, 0.15) is 0 Å². The molecular formula is C44H38N2S2. The number of nitrogens with two attached hydrogens (primary N) is 2. The molecule has 4 N–H and O–H groups in total. The Kier molecular flexibility index (Phi) is 10.7. The number of hydrogen-bond donors (Lipinski definition) is 2. The van der Waals surface area contributed by atoms with Gasteiger partial charge in [-0.3, -0.25) is 0 Å². The van der Waals surface area contributed by atoms with E-state index in [-0.39, 0.29) is 0 Å². The zero-order chi connectivity index (χ0) is 33.3. The van der Waals surface area contributed by atoms with Crippen LogP contribution in [0.2, 0.25) is 0 Å². The minimum absolute atomic E-state index is 0.861. The van der Waals surface area contributed by atoms with Crippen molar-refractivity contribution < 1.29 is 0 Å². The Balaban J connectivity index is 1.53. The summed E-state index contributed by atoms with van der Waals surface area (Å²) in [5.41, 5.74) is 25.1. The van der Waals surface area contributed by atoms with Gasteiger partial charge in [0.05, 0.1) is 0 Å². The van der Waals surface area contributed by atoms with Gasteiger partial charge in [-0.1, -0.05) is 141 Å². The van der Waals surface area contributed by atoms with Gasteiger partial charge in [0.15, 0.2) is 0 Å². The maximum Gasteiger partial charge on any atom is 0.0226 e. The predicted molar refractivity (Wildman–Crippen MR) is 215 cm³/mol. The fraction of sp³-hybridized carbons (Fsp3) is 0.0455. The lowest BCUT2D eigenvalue weighted by Gasteiger charge is -2.21. The molecule has 4 heteroatoms. The lowest BCUT2D eigenvalue weighted by atomic mass is 9.82. The molecule has 0 amide bonds. The molecule has 0 saturated heterocycles. The number of benzene rings is 6. The Labute approximate surface area is 292 Å². The molecule has 0 spiro atoms. The summed E-state index contributed by atoms with van der Waals surface area (Å²) in [6.45, 7) is 8.62. The van der Waals surface area contributed by atoms with Crippen LogP contribution < -0.4 is 11.5 Å². The van der Waals surface area contributed by atoms with Gasteiger partial charge in [0.2, 0.25) is 0 Å². The van der Waals surface area contributed by atoms with Gasteiger partial charge in [-0.2, -0.15) is 0 Å². The monoisotopic (exact) mass is 658 g/mol. The quantitative estimate of drug-likeness (QED) is 0.137. The zero-order valence-electron chi connectivity index (χ0n) is 26.8. The lowest BCUT2D eigenvalue weighted by molar-refractivity contribution is 1.41. The number of hydrogen-bond acceptors (Lipinski definition) is 4. The minimum Gasteiger partial charge on any atom is -0.404 e. The molecule has 0 aliphatic heterocycles. The fourth-order valence-corrected chi connectivity index (χ4v) is 7.36. The average molecular weight is 659 g/mol. The SMILES string of the molecule is C=Cc1c(C=C)c(-c2ccc(CS/C=C\N)cc2)c2cc(-c3ccc(-c4ccccc4)cc3)ccc2c1-c1ccc(CS/C=C\N)cc1. The standard InChI is InChI=1S/C44H38N2S2/c1-3-39-40(4-2)44(37-16-12-32(13-17-37)30-48-27-25-46)42-28-38(35-20-18-34(19-21-35)33-8-6-5-7-9-33)22-23-41(42)43(39)36-14-10-31(11-15-36)29-47-26-24-45/h3-28H,1-2,29-30,45-46H2/b26-24-,27-25-. The van der Waals surface area contributed by atoms with Crippen molar-refractivity contribution in [2.75, 3.05) is 0 Å². The summed E-state index contributed by atoms with van der Waals surface area (Å²) in [6, 6.07) is 43.9. The van der Waals surface area contributed by atoms with Gasteiger partial charge >= 0.3 is 0 Å². The molecule has 2 nitrogen and oxygen atoms in total. The first-order chi connectivity index (χ1) is 23.6. The molecule has 6 aromatic carbocycles. The van der Waals surface area contributed by atoms with Gasteiger partial charge in [0.25, 0.3) is 0 Å². The van der Waals surface area contributed by atoms with Gasteiger partial charge < -0.3 is 11.5 Å². The lowest BCUT2D eigenvalue weighted by Crippen LogP contribution is -1.97. The van der Waals surface area contributed by atoms with Crippen molar-refractivity contribution in [1.82, 2.24) is 0 Å². The Bertz CT molecular complexity index is 2090. The van der Waals surface area contributed by atoms with Crippen LogP contribution in [0.15, 0.2) is 158 Å². The van der Waals surface area contributed by atoms with E-state index in [2.05, 4.69) is 128 Å². The van der Waals surface area contributed by atoms with Crippen molar-refractivity contribution in [2.45, 2.75) is 11.5 Å². The van der Waals surface area contributed by atoms with Crippen LogP contribution in [0, 0.1) is 0 Å². The van der Waals surface area contributed by atoms with Gasteiger partial charge in [-0.25, -0.2) is 0 Å². The topological polar surface area (TPSA) is 52.0 Å². The van der Waals surface area contributed by atoms with Crippen molar-refractivity contribution >= 4 is 46.4 Å². The van der Waals surface area contributed by atoms with Crippen LogP contribution in [-0.2, 0) is 11.5 Å². The molecule has 0 unspecified atom stereocenters. The first-order valence-corrected chi connectivity index (χ1v) is 17.9. The molecule has 0 aliphatic rings. The van der Waals surface area contributed by atoms with Crippen molar-refractivity contribution in [3.05, 3.63) is 180 Å². The first kappa shape index (κ1) is 32.8. The highest BCUT2D eigenvalue weighted by molar-refractivity contribution is 8.01. The van der Waals surface area contributed by atoms with E-state index in [0.29, 0.717) is 0 Å². The van der Waals surface area contributed by atoms with Crippen LogP contribution in [0.1, 0.15) is 22.3 Å². The number of thioether (sulfide) groups is 2. The van der Waals surface area contributed by atoms with Crippen LogP contribution in [0.4, 0.5) is 0 Å². The maximum absolute atomic E-state index is 5.55. The van der Waals surface area contributed by atoms with E-state index >= 15 is 0 Å². The fourth-order valence-electron chi connectivity index (χ4n) is 6.18. The van der Waals surface area contributed by atoms with Gasteiger partial charge in [0, 0.05) is 23.9 Å². The molecule has 0 fully saturated rings. The second-order valence-corrected chi connectivity index (χ2v) is 13.2. The van der Waals surface area contributed by atoms with E-state index < -0.39 is 0 Å². The van der Waals surface area contributed by atoms with Crippen molar-refractivity contribution in [3.8, 4) is 44.5 Å². The Hall–Kier alpha value is -5.16. The van der Waals surface area contributed by atoms with Crippen molar-refractivity contribution in [2.24, 2.45) is 11.5 Å². The van der Waals surface area contributed by atoms with E-state index in [1.54, 1.807) is 35.9 Å². The number of fused-ring (bicyclic) bond motifs is 1. The molecular weight excluding hydrogens is 621 g/mol. The van der Waals surface area contributed by atoms with Crippen molar-refractivity contribution in [1.29, 1.82) is 0 Å². The van der Waals surface area contributed by atoms with E-state index in [4.69, 9.17) is 11.5 Å². The highest BCUT2D eigenvalue weighted by Gasteiger charge is 2.20. The van der Waals surface area contributed by atoms with E-state index in [9.17, 15) is 0 Å². The predicted octanol–water partition coefficient (Wildman–Crippen LogP) is 12.1. The molecule has 0 aromatic heterocycles. The Morgan fingerprint density at radius 3 is 1.35 bits per heavy atom. The normalized spacial score (nSPS) is 11.4. The minimum atomic E-state index is 0.861. The Morgan fingerprint density at radius 2 is 0.875 bits per heavy atom. The molecule has 0 atom stereocenters. The smallest absolute Gasteiger partial charge is 0.0226 e. The van der Waals surface area contributed by atoms with Crippen LogP contribution in [0.25, 0.3) is 67.4 Å². The molecule has 0 radical (unpaired) electrons. The highest BCUT2D eigenvalue weighted by Crippen LogP contribution is 2.45. The summed E-state index contributed by atoms with van der Waals surface area (Å²) in [4.78, 5) is 0. The van der Waals surface area contributed by atoms with E-state index in [0.717, 1.165) is 50.4 Å². The summed E-state index contributed by atoms with van der Waals surface area (Å²) in [5.74, 6) is 1.73. The summed E-state index contributed by atoms with van der Waals surface area (Å²) < 4.78 is 0. The molecule has 236 valence electrons. The summed E-state index contributed by atoms with van der Waals surface area (Å²) in [7, 11) is 0. The molecule has 48 heavy (non-hydrogen) atoms. The van der Waals surface area contributed by atoms with E-state index in [1.165, 1.54) is 38.6 Å². The second-order valence-electron chi connectivity index (χ2n) is 11.4. The second kappa shape index (κ2) is 15.6. The molecule has 0 heterocycles. The molecule has 0 aliphatic carbocycles. The largest absolute Gasteiger partial charge is 0.404 e. The van der Waals surface area contributed by atoms with Gasteiger partial charge in [-0.05, 0) is 94.4 Å². The van der Waals surface area contributed by atoms with Crippen LogP contribution in [0.5, 0.6) is 0 Å². The highest BCUT2D eigenvalue weighted by atomic mass is 32.2. The van der Waals surface area contributed by atoms with Gasteiger partial charge in [-0.15, -0.1) is 23.5 Å².